The Morgan fingerprint density at radius 2 is 0.800 bits per heavy atom. The van der Waals surface area contributed by atoms with Crippen molar-refractivity contribution in [1.82, 2.24) is 0 Å². The summed E-state index contributed by atoms with van der Waals surface area (Å²) in [7, 11) is 0. The third kappa shape index (κ3) is 2.46. The first-order valence-electron chi connectivity index (χ1n) is 3.17. The van der Waals surface area contributed by atoms with Gasteiger partial charge >= 0.3 is 0 Å². The van der Waals surface area contributed by atoms with Crippen molar-refractivity contribution in [2.24, 2.45) is 0 Å². The van der Waals surface area contributed by atoms with Crippen molar-refractivity contribution < 1.29 is 0 Å². The molecule has 0 N–H and O–H groups in total. The zero-order chi connectivity index (χ0) is 7.72. The van der Waals surface area contributed by atoms with E-state index >= 15 is 0 Å². The van der Waals surface area contributed by atoms with Gasteiger partial charge in [-0.15, -0.1) is 0 Å². The van der Waals surface area contributed by atoms with Gasteiger partial charge in [-0.2, -0.15) is 0 Å². The maximum Gasteiger partial charge on any atom is 0.0282 e. The third-order valence-corrected chi connectivity index (χ3v) is 7.15. The van der Waals surface area contributed by atoms with Crippen LogP contribution in [0.15, 0.2) is 0 Å². The minimum absolute atomic E-state index is 0.616. The van der Waals surface area contributed by atoms with E-state index < -0.39 is 0 Å². The first-order chi connectivity index (χ1) is 4.61. The van der Waals surface area contributed by atoms with E-state index in [0.29, 0.717) is 19.3 Å². The van der Waals surface area contributed by atoms with Crippen molar-refractivity contribution in [2.45, 2.75) is 32.2 Å². The Morgan fingerprint density at radius 1 is 0.600 bits per heavy atom. The molecule has 1 fully saturated rings. The summed E-state index contributed by atoms with van der Waals surface area (Å²) >= 11 is 14.5. The predicted octanol–water partition coefficient (Wildman–Crippen LogP) is 3.83. The molecule has 0 aromatic carbocycles. The molecule has 0 nitrogen and oxygen atoms in total. The molecule has 4 atom stereocenters. The fourth-order valence-corrected chi connectivity index (χ4v) is 4.50. The van der Waals surface area contributed by atoms with Crippen LogP contribution >= 0.6 is 63.7 Å². The number of hydrogen-bond acceptors (Lipinski definition) is 0. The van der Waals surface area contributed by atoms with Gasteiger partial charge in [0.25, 0.3) is 0 Å². The third-order valence-electron chi connectivity index (χ3n) is 1.69. The average Bonchev–Trinajstić information content (AvgIpc) is 1.84. The zero-order valence-electron chi connectivity index (χ0n) is 5.24. The van der Waals surface area contributed by atoms with Gasteiger partial charge < -0.3 is 0 Å². The highest BCUT2D eigenvalue weighted by Gasteiger charge is 2.31. The molecule has 0 unspecified atom stereocenters. The number of hydrogen-bond donors (Lipinski definition) is 0. The van der Waals surface area contributed by atoms with E-state index in [1.807, 2.05) is 0 Å². The first-order valence-corrected chi connectivity index (χ1v) is 6.84. The molecular weight excluding hydrogens is 392 g/mol. The van der Waals surface area contributed by atoms with E-state index in [9.17, 15) is 0 Å². The quantitative estimate of drug-likeness (QED) is 0.543. The summed E-state index contributed by atoms with van der Waals surface area (Å²) in [5.41, 5.74) is 0. The second-order valence-electron chi connectivity index (χ2n) is 2.54. The minimum Gasteiger partial charge on any atom is -0.0878 e. The SMILES string of the molecule is Br[C@@H]1C[C@@H](Br)[C@@H](Br)C[C@@H]1Br. The molecule has 0 radical (unpaired) electrons. The molecule has 0 heterocycles. The van der Waals surface area contributed by atoms with Crippen LogP contribution in [0.4, 0.5) is 0 Å². The van der Waals surface area contributed by atoms with Gasteiger partial charge in [0.05, 0.1) is 0 Å². The Bertz CT molecular complexity index is 90.3. The van der Waals surface area contributed by atoms with Crippen molar-refractivity contribution in [1.29, 1.82) is 0 Å². The van der Waals surface area contributed by atoms with Crippen molar-refractivity contribution in [3.05, 3.63) is 0 Å². The van der Waals surface area contributed by atoms with Gasteiger partial charge in [-0.25, -0.2) is 0 Å². The van der Waals surface area contributed by atoms with Crippen molar-refractivity contribution in [2.75, 3.05) is 0 Å². The van der Waals surface area contributed by atoms with Crippen LogP contribution in [0.2, 0.25) is 0 Å². The molecule has 0 aromatic rings. The van der Waals surface area contributed by atoms with Crippen molar-refractivity contribution in [3.63, 3.8) is 0 Å². The largest absolute Gasteiger partial charge is 0.0878 e. The van der Waals surface area contributed by atoms with Gasteiger partial charge in [0.1, 0.15) is 0 Å². The van der Waals surface area contributed by atoms with Crippen LogP contribution in [-0.4, -0.2) is 19.3 Å². The van der Waals surface area contributed by atoms with E-state index in [1.165, 1.54) is 12.8 Å². The Balaban J connectivity index is 2.46. The van der Waals surface area contributed by atoms with Gasteiger partial charge in [-0.1, -0.05) is 63.7 Å². The molecule has 4 heteroatoms. The highest BCUT2D eigenvalue weighted by molar-refractivity contribution is 9.13. The van der Waals surface area contributed by atoms with Crippen LogP contribution in [0.25, 0.3) is 0 Å². The zero-order valence-corrected chi connectivity index (χ0v) is 11.6. The molecule has 1 aliphatic rings. The smallest absolute Gasteiger partial charge is 0.0282 e. The van der Waals surface area contributed by atoms with E-state index in [4.69, 9.17) is 0 Å². The Morgan fingerprint density at radius 3 is 1.00 bits per heavy atom. The summed E-state index contributed by atoms with van der Waals surface area (Å²) in [6.07, 6.45) is 2.37. The standard InChI is InChI=1S/C6H8Br4/c7-3-1-4(8)6(10)2-5(3)9/h3-6H,1-2H2/t3-,4-,5+,6+. The van der Waals surface area contributed by atoms with E-state index in [-0.39, 0.29) is 0 Å². The monoisotopic (exact) mass is 396 g/mol. The summed E-state index contributed by atoms with van der Waals surface area (Å²) in [5, 5.41) is 0. The van der Waals surface area contributed by atoms with Gasteiger partial charge in [0.2, 0.25) is 0 Å². The van der Waals surface area contributed by atoms with Crippen LogP contribution in [0.3, 0.4) is 0 Å². The molecular formula is C6H8Br4. The van der Waals surface area contributed by atoms with E-state index in [1.54, 1.807) is 0 Å². The van der Waals surface area contributed by atoms with Gasteiger partial charge in [0.15, 0.2) is 0 Å². The highest BCUT2D eigenvalue weighted by Crippen LogP contribution is 2.37. The molecule has 0 bridgehead atoms. The summed E-state index contributed by atoms with van der Waals surface area (Å²) in [6, 6.07) is 0. The van der Waals surface area contributed by atoms with Crippen LogP contribution in [0, 0.1) is 0 Å². The van der Waals surface area contributed by atoms with Gasteiger partial charge in [-0.3, -0.25) is 0 Å². The average molecular weight is 400 g/mol. The van der Waals surface area contributed by atoms with Crippen LogP contribution in [0.1, 0.15) is 12.8 Å². The molecule has 1 saturated carbocycles. The van der Waals surface area contributed by atoms with Crippen LogP contribution in [0.5, 0.6) is 0 Å². The lowest BCUT2D eigenvalue weighted by molar-refractivity contribution is 0.575. The lowest BCUT2D eigenvalue weighted by atomic mass is 10.0. The van der Waals surface area contributed by atoms with Crippen LogP contribution in [-0.2, 0) is 0 Å². The Hall–Kier alpha value is 1.92. The maximum atomic E-state index is 3.62. The lowest BCUT2D eigenvalue weighted by Gasteiger charge is -2.30. The number of halogens is 4. The number of alkyl halides is 4. The molecule has 0 amide bonds. The summed E-state index contributed by atoms with van der Waals surface area (Å²) in [6.45, 7) is 0. The van der Waals surface area contributed by atoms with Crippen molar-refractivity contribution in [3.8, 4) is 0 Å². The predicted molar refractivity (Wildman–Crippen MR) is 60.1 cm³/mol. The second kappa shape index (κ2) is 4.24. The number of rotatable bonds is 0. The fourth-order valence-electron chi connectivity index (χ4n) is 1.02. The highest BCUT2D eigenvalue weighted by atomic mass is 79.9. The van der Waals surface area contributed by atoms with Crippen LogP contribution < -0.4 is 0 Å². The molecule has 1 rings (SSSR count). The van der Waals surface area contributed by atoms with Gasteiger partial charge in [0, 0.05) is 19.3 Å². The molecule has 1 aliphatic carbocycles. The molecule has 60 valence electrons. The molecule has 0 aromatic heterocycles. The minimum atomic E-state index is 0.616. The van der Waals surface area contributed by atoms with E-state index in [2.05, 4.69) is 63.7 Å². The Labute approximate surface area is 95.0 Å². The Kier molecular flexibility index (Phi) is 4.24. The molecule has 0 saturated heterocycles. The maximum absolute atomic E-state index is 3.62. The molecule has 0 aliphatic heterocycles. The van der Waals surface area contributed by atoms with Crippen molar-refractivity contribution >= 4 is 63.7 Å². The molecule has 10 heavy (non-hydrogen) atoms. The topological polar surface area (TPSA) is 0 Å². The second-order valence-corrected chi connectivity index (χ2v) is 7.24. The molecule has 0 spiro atoms. The summed E-state index contributed by atoms with van der Waals surface area (Å²) < 4.78 is 0. The summed E-state index contributed by atoms with van der Waals surface area (Å²) in [4.78, 5) is 2.47. The fraction of sp³-hybridized carbons (Fsp3) is 1.00. The van der Waals surface area contributed by atoms with E-state index in [0.717, 1.165) is 0 Å². The first kappa shape index (κ1) is 10.0. The van der Waals surface area contributed by atoms with Gasteiger partial charge in [-0.05, 0) is 12.8 Å². The summed E-state index contributed by atoms with van der Waals surface area (Å²) in [5.74, 6) is 0. The lowest BCUT2D eigenvalue weighted by Crippen LogP contribution is -2.33. The normalized spacial score (nSPS) is 49.2.